The van der Waals surface area contributed by atoms with Crippen LogP contribution < -0.4 is 4.90 Å². The first kappa shape index (κ1) is 26.4. The maximum Gasteiger partial charge on any atom is 0.416 e. The third kappa shape index (κ3) is 4.72. The number of carbonyl (C=O) groups is 2. The number of amides is 2. The molecule has 1 heterocycles. The summed E-state index contributed by atoms with van der Waals surface area (Å²) in [7, 11) is -2.69. The number of anilines is 1. The highest BCUT2D eigenvalue weighted by molar-refractivity contribution is 7.91. The lowest BCUT2D eigenvalue weighted by atomic mass is 9.92. The van der Waals surface area contributed by atoms with E-state index >= 15 is 0 Å². The zero-order valence-corrected chi connectivity index (χ0v) is 20.4. The topological polar surface area (TPSA) is 119 Å². The average molecular weight is 534 g/mol. The number of allylic oxidation sites excluding steroid dienone is 1. The molecule has 0 saturated carbocycles. The number of likely N-dealkylation sites (N-methyl/N-ethyl adjacent to an activating group) is 1. The molecule has 1 aliphatic heterocycles. The van der Waals surface area contributed by atoms with E-state index in [1.54, 1.807) is 0 Å². The van der Waals surface area contributed by atoms with E-state index in [2.05, 4.69) is 0 Å². The number of alkyl halides is 3. The van der Waals surface area contributed by atoms with Crippen molar-refractivity contribution in [3.05, 3.63) is 70.4 Å². The van der Waals surface area contributed by atoms with Crippen LogP contribution in [0.15, 0.2) is 58.6 Å². The zero-order valence-electron chi connectivity index (χ0n) is 19.6. The van der Waals surface area contributed by atoms with Gasteiger partial charge in [0.25, 0.3) is 0 Å². The fourth-order valence-corrected chi connectivity index (χ4v) is 6.27. The van der Waals surface area contributed by atoms with Gasteiger partial charge in [0, 0.05) is 31.3 Å². The largest absolute Gasteiger partial charge is 0.416 e. The van der Waals surface area contributed by atoms with E-state index in [9.17, 15) is 36.4 Å². The van der Waals surface area contributed by atoms with Crippen LogP contribution in [0.1, 0.15) is 42.0 Å². The highest BCUT2D eigenvalue weighted by atomic mass is 32.2. The fourth-order valence-electron chi connectivity index (χ4n) is 4.70. The number of sulfone groups is 1. The second kappa shape index (κ2) is 9.64. The fraction of sp³-hybridized carbons (Fsp3) is 0.320. The molecule has 2 aromatic rings. The number of nitriles is 1. The second-order valence-corrected chi connectivity index (χ2v) is 10.8. The van der Waals surface area contributed by atoms with E-state index in [0.29, 0.717) is 0 Å². The summed E-state index contributed by atoms with van der Waals surface area (Å²) in [5.74, 6) is -0.786. The van der Waals surface area contributed by atoms with Gasteiger partial charge in [-0.2, -0.15) is 18.4 Å². The second-order valence-electron chi connectivity index (χ2n) is 8.72. The summed E-state index contributed by atoms with van der Waals surface area (Å²) in [4.78, 5) is 28.6. The number of aliphatic hydroxyl groups excluding tert-OH is 1. The van der Waals surface area contributed by atoms with E-state index in [4.69, 9.17) is 5.11 Å². The van der Waals surface area contributed by atoms with Gasteiger partial charge in [-0.1, -0.05) is 12.1 Å². The molecule has 0 aromatic heterocycles. The maximum atomic E-state index is 13.6. The molecule has 194 valence electrons. The molecule has 2 aliphatic rings. The van der Waals surface area contributed by atoms with Crippen molar-refractivity contribution in [3.63, 3.8) is 0 Å². The molecule has 0 unspecified atom stereocenters. The van der Waals surface area contributed by atoms with E-state index < -0.39 is 39.4 Å². The predicted molar refractivity (Wildman–Crippen MR) is 126 cm³/mol. The average Bonchev–Trinajstić information content (AvgIpc) is 3.23. The molecule has 4 rings (SSSR count). The number of aliphatic hydroxyl groups is 1. The SMILES string of the molecule is CN1C(=O)N(c2cccc(C(F)(F)F)c2)C2=C(C(=O)CC2)[C@@H]1c1ccc(C#N)cc1S(=O)(=O)CCCO. The Labute approximate surface area is 211 Å². The summed E-state index contributed by atoms with van der Waals surface area (Å²) in [5, 5.41) is 18.5. The third-order valence-electron chi connectivity index (χ3n) is 6.40. The van der Waals surface area contributed by atoms with E-state index in [0.717, 1.165) is 21.9 Å². The number of rotatable bonds is 6. The summed E-state index contributed by atoms with van der Waals surface area (Å²) in [6, 6.07) is 8.12. The normalized spacial score (nSPS) is 18.3. The van der Waals surface area contributed by atoms with Crippen molar-refractivity contribution in [2.75, 3.05) is 24.3 Å². The van der Waals surface area contributed by atoms with Gasteiger partial charge in [-0.15, -0.1) is 0 Å². The number of hydrogen-bond donors (Lipinski definition) is 1. The number of ketones is 1. The molecule has 12 heteroatoms. The van der Waals surface area contributed by atoms with E-state index in [1.807, 2.05) is 6.07 Å². The molecule has 2 aromatic carbocycles. The number of halogens is 3. The zero-order chi connectivity index (χ0) is 27.1. The predicted octanol–water partition coefficient (Wildman–Crippen LogP) is 3.96. The molecule has 1 aliphatic carbocycles. The molecular formula is C25H22F3N3O5S. The smallest absolute Gasteiger partial charge is 0.396 e. The van der Waals surface area contributed by atoms with Gasteiger partial charge < -0.3 is 10.0 Å². The van der Waals surface area contributed by atoms with Crippen LogP contribution in [0.25, 0.3) is 0 Å². The molecular weight excluding hydrogens is 511 g/mol. The van der Waals surface area contributed by atoms with Gasteiger partial charge in [0.05, 0.1) is 39.6 Å². The summed E-state index contributed by atoms with van der Waals surface area (Å²) < 4.78 is 66.4. The maximum absolute atomic E-state index is 13.6. The monoisotopic (exact) mass is 533 g/mol. The Bertz CT molecular complexity index is 1460. The molecule has 0 spiro atoms. The van der Waals surface area contributed by atoms with Gasteiger partial charge >= 0.3 is 12.2 Å². The Morgan fingerprint density at radius 2 is 1.86 bits per heavy atom. The minimum atomic E-state index is -4.65. The van der Waals surface area contributed by atoms with Crippen LogP contribution in [0.4, 0.5) is 23.7 Å². The Hall–Kier alpha value is -3.69. The molecule has 37 heavy (non-hydrogen) atoms. The lowest BCUT2D eigenvalue weighted by Crippen LogP contribution is -2.48. The third-order valence-corrected chi connectivity index (χ3v) is 8.25. The van der Waals surface area contributed by atoms with E-state index in [1.165, 1.54) is 37.4 Å². The van der Waals surface area contributed by atoms with Crippen LogP contribution in [0.3, 0.4) is 0 Å². The van der Waals surface area contributed by atoms with Crippen molar-refractivity contribution >= 4 is 27.3 Å². The minimum Gasteiger partial charge on any atom is -0.396 e. The molecule has 8 nitrogen and oxygen atoms in total. The van der Waals surface area contributed by atoms with Gasteiger partial charge in [-0.05, 0) is 48.7 Å². The first-order chi connectivity index (χ1) is 17.4. The Morgan fingerprint density at radius 3 is 2.51 bits per heavy atom. The van der Waals surface area contributed by atoms with Crippen molar-refractivity contribution in [2.45, 2.75) is 36.4 Å². The molecule has 0 saturated heterocycles. The summed E-state index contributed by atoms with van der Waals surface area (Å²) in [5.41, 5.74) is -0.558. The van der Waals surface area contributed by atoms with Gasteiger partial charge in [0.15, 0.2) is 15.6 Å². The van der Waals surface area contributed by atoms with Crippen LogP contribution in [-0.2, 0) is 20.8 Å². The van der Waals surface area contributed by atoms with Crippen molar-refractivity contribution in [1.29, 1.82) is 5.26 Å². The molecule has 1 N–H and O–H groups in total. The summed E-state index contributed by atoms with van der Waals surface area (Å²) >= 11 is 0. The Balaban J connectivity index is 1.92. The van der Waals surface area contributed by atoms with Crippen molar-refractivity contribution in [2.24, 2.45) is 0 Å². The van der Waals surface area contributed by atoms with Gasteiger partial charge in [0.1, 0.15) is 0 Å². The van der Waals surface area contributed by atoms with Crippen molar-refractivity contribution < 1.29 is 36.3 Å². The van der Waals surface area contributed by atoms with Crippen LogP contribution in [-0.4, -0.2) is 49.6 Å². The molecule has 0 radical (unpaired) electrons. The number of Topliss-reactive ketones (excluding diaryl/α,β-unsaturated/α-hetero) is 1. The first-order valence-corrected chi connectivity index (χ1v) is 12.9. The number of hydrogen-bond acceptors (Lipinski definition) is 6. The number of carbonyl (C=O) groups excluding carboxylic acids is 2. The minimum absolute atomic E-state index is 0.000618. The quantitative estimate of drug-likeness (QED) is 0.601. The van der Waals surface area contributed by atoms with Crippen molar-refractivity contribution in [1.82, 2.24) is 4.90 Å². The van der Waals surface area contributed by atoms with Crippen molar-refractivity contribution in [3.8, 4) is 6.07 Å². The molecule has 2 amide bonds. The van der Waals surface area contributed by atoms with Crippen LogP contribution in [0, 0.1) is 11.3 Å². The number of nitrogens with zero attached hydrogens (tertiary/aromatic N) is 3. The summed E-state index contributed by atoms with van der Waals surface area (Å²) in [6.45, 7) is -0.381. The Morgan fingerprint density at radius 1 is 1.14 bits per heavy atom. The van der Waals surface area contributed by atoms with E-state index in [-0.39, 0.29) is 64.6 Å². The standard InChI is InChI=1S/C25H22F3N3O5S/c1-30-23(18-7-6-15(14-29)12-21(18)37(35,36)11-3-10-32)22-19(8-9-20(22)33)31(24(30)34)17-5-2-4-16(13-17)25(26,27)28/h2,4-7,12-13,23,32H,3,8-11H2,1H3/t23-/m0/s1. The molecule has 1 atom stereocenters. The van der Waals surface area contributed by atoms with Gasteiger partial charge in [-0.3, -0.25) is 9.69 Å². The highest BCUT2D eigenvalue weighted by Gasteiger charge is 2.46. The lowest BCUT2D eigenvalue weighted by molar-refractivity contribution is -0.137. The van der Waals surface area contributed by atoms with Crippen LogP contribution >= 0.6 is 0 Å². The number of urea groups is 1. The molecule has 0 bridgehead atoms. The van der Waals surface area contributed by atoms with Crippen LogP contribution in [0.5, 0.6) is 0 Å². The van der Waals surface area contributed by atoms with Gasteiger partial charge in [0.2, 0.25) is 0 Å². The van der Waals surface area contributed by atoms with Gasteiger partial charge in [-0.25, -0.2) is 13.2 Å². The Kier molecular flexibility index (Phi) is 6.87. The highest BCUT2D eigenvalue weighted by Crippen LogP contribution is 2.46. The summed E-state index contributed by atoms with van der Waals surface area (Å²) in [6.07, 6.45) is -4.62. The first-order valence-electron chi connectivity index (χ1n) is 11.3. The lowest BCUT2D eigenvalue weighted by Gasteiger charge is -2.41. The number of benzene rings is 2. The molecule has 0 fully saturated rings. The van der Waals surface area contributed by atoms with Crippen LogP contribution in [0.2, 0.25) is 0 Å².